The fraction of sp³-hybridized carbons (Fsp3) is 0.391. The Hall–Kier alpha value is -3.20. The van der Waals surface area contributed by atoms with Crippen LogP contribution < -0.4 is 0 Å². The summed E-state index contributed by atoms with van der Waals surface area (Å²) < 4.78 is 41.8. The van der Waals surface area contributed by atoms with Crippen molar-refractivity contribution in [2.45, 2.75) is 50.7 Å². The van der Waals surface area contributed by atoms with Gasteiger partial charge in [0.15, 0.2) is 11.5 Å². The van der Waals surface area contributed by atoms with E-state index < -0.39 is 11.6 Å². The molecule has 4 heterocycles. The summed E-state index contributed by atoms with van der Waals surface area (Å²) in [5.74, 6) is -0.381. The number of hydrogen-bond acceptors (Lipinski definition) is 6. The van der Waals surface area contributed by atoms with Crippen molar-refractivity contribution in [2.75, 3.05) is 6.61 Å². The van der Waals surface area contributed by atoms with Gasteiger partial charge in [-0.05, 0) is 37.8 Å². The fourth-order valence-electron chi connectivity index (χ4n) is 4.31. The van der Waals surface area contributed by atoms with Crippen LogP contribution in [0.5, 0.6) is 0 Å². The van der Waals surface area contributed by atoms with E-state index in [2.05, 4.69) is 26.2 Å². The Labute approximate surface area is 182 Å². The molecule has 0 bridgehead atoms. The lowest BCUT2D eigenvalue weighted by Gasteiger charge is -2.28. The molecule has 9 heteroatoms. The number of fused-ring (bicyclic) bond motifs is 1. The Bertz CT molecular complexity index is 1310. The van der Waals surface area contributed by atoms with Gasteiger partial charge in [-0.3, -0.25) is 4.68 Å². The van der Waals surface area contributed by atoms with Crippen LogP contribution in [0, 0.1) is 18.6 Å². The van der Waals surface area contributed by atoms with Crippen LogP contribution in [0.25, 0.3) is 22.5 Å². The van der Waals surface area contributed by atoms with Gasteiger partial charge in [-0.15, -0.1) is 0 Å². The van der Waals surface area contributed by atoms with Crippen LogP contribution in [-0.4, -0.2) is 31.3 Å². The number of nitrogens with zero attached hydrogens (tertiary/aromatic N) is 5. The molecule has 0 radical (unpaired) electrons. The first kappa shape index (κ1) is 19.5. The zero-order chi connectivity index (χ0) is 21.8. The van der Waals surface area contributed by atoms with E-state index in [0.29, 0.717) is 42.0 Å². The first-order valence-corrected chi connectivity index (χ1v) is 10.8. The van der Waals surface area contributed by atoms with Crippen molar-refractivity contribution in [3.63, 3.8) is 0 Å². The van der Waals surface area contributed by atoms with E-state index in [4.69, 9.17) is 9.15 Å². The highest BCUT2D eigenvalue weighted by Gasteiger charge is 2.31. The summed E-state index contributed by atoms with van der Waals surface area (Å²) >= 11 is 0. The number of aromatic nitrogens is 5. The molecular formula is C23H21F2N5O2. The van der Waals surface area contributed by atoms with Gasteiger partial charge in [-0.25, -0.2) is 18.7 Å². The van der Waals surface area contributed by atoms with E-state index in [9.17, 15) is 8.78 Å². The van der Waals surface area contributed by atoms with Crippen molar-refractivity contribution in [1.82, 2.24) is 24.7 Å². The summed E-state index contributed by atoms with van der Waals surface area (Å²) in [5, 5.41) is 4.48. The molecule has 2 fully saturated rings. The zero-order valence-corrected chi connectivity index (χ0v) is 17.5. The predicted molar refractivity (Wildman–Crippen MR) is 111 cm³/mol. The number of halogens is 2. The second-order valence-corrected chi connectivity index (χ2v) is 8.51. The Morgan fingerprint density at radius 1 is 1.09 bits per heavy atom. The maximum Gasteiger partial charge on any atom is 0.202 e. The van der Waals surface area contributed by atoms with Gasteiger partial charge < -0.3 is 9.15 Å². The van der Waals surface area contributed by atoms with Gasteiger partial charge in [0.1, 0.15) is 23.2 Å². The maximum absolute atomic E-state index is 14.6. The highest BCUT2D eigenvalue weighted by molar-refractivity contribution is 5.85. The molecule has 0 N–H and O–H groups in total. The van der Waals surface area contributed by atoms with Crippen molar-refractivity contribution < 1.29 is 17.9 Å². The van der Waals surface area contributed by atoms with Crippen molar-refractivity contribution >= 4 is 11.2 Å². The van der Waals surface area contributed by atoms with Crippen LogP contribution in [0.2, 0.25) is 0 Å². The topological polar surface area (TPSA) is 78.9 Å². The average Bonchev–Trinajstić information content (AvgIpc) is 3.38. The normalized spacial score (nSPS) is 21.3. The van der Waals surface area contributed by atoms with Gasteiger partial charge in [-0.1, -0.05) is 0 Å². The van der Waals surface area contributed by atoms with Gasteiger partial charge in [0.2, 0.25) is 5.65 Å². The minimum atomic E-state index is -0.706. The summed E-state index contributed by atoms with van der Waals surface area (Å²) in [5.41, 5.74) is 2.16. The Morgan fingerprint density at radius 3 is 2.78 bits per heavy atom. The molecule has 7 nitrogen and oxygen atoms in total. The quantitative estimate of drug-likeness (QED) is 0.445. The Kier molecular flexibility index (Phi) is 4.53. The molecule has 1 saturated heterocycles. The highest BCUT2D eigenvalue weighted by Crippen LogP contribution is 2.40. The van der Waals surface area contributed by atoms with Crippen LogP contribution in [0.15, 0.2) is 35.0 Å². The molecule has 6 rings (SSSR count). The van der Waals surface area contributed by atoms with E-state index in [0.717, 1.165) is 18.1 Å². The van der Waals surface area contributed by atoms with Crippen LogP contribution in [0.4, 0.5) is 8.78 Å². The molecule has 164 valence electrons. The number of oxazole rings is 1. The molecule has 2 aliphatic rings. The molecule has 32 heavy (non-hydrogen) atoms. The van der Waals surface area contributed by atoms with Crippen LogP contribution in [0.1, 0.15) is 61.0 Å². The third kappa shape index (κ3) is 3.46. The van der Waals surface area contributed by atoms with Gasteiger partial charge >= 0.3 is 0 Å². The number of ether oxygens (including phenoxy) is 1. The van der Waals surface area contributed by atoms with Gasteiger partial charge in [-0.2, -0.15) is 10.1 Å². The van der Waals surface area contributed by atoms with Crippen molar-refractivity contribution in [1.29, 1.82) is 0 Å². The summed E-state index contributed by atoms with van der Waals surface area (Å²) in [6, 6.07) is 3.93. The molecular weight excluding hydrogens is 416 g/mol. The third-order valence-corrected chi connectivity index (χ3v) is 6.13. The van der Waals surface area contributed by atoms with E-state index in [1.807, 2.05) is 10.9 Å². The Morgan fingerprint density at radius 2 is 1.97 bits per heavy atom. The molecule has 1 saturated carbocycles. The number of aryl methyl sites for hydroxylation is 1. The summed E-state index contributed by atoms with van der Waals surface area (Å²) in [6.07, 6.45) is 7.59. The summed E-state index contributed by atoms with van der Waals surface area (Å²) in [7, 11) is 0. The minimum Gasteiger partial charge on any atom is -0.437 e. The Balaban J connectivity index is 1.37. The van der Waals surface area contributed by atoms with E-state index in [1.165, 1.54) is 25.0 Å². The van der Waals surface area contributed by atoms with Gasteiger partial charge in [0, 0.05) is 42.8 Å². The average molecular weight is 437 g/mol. The smallest absolute Gasteiger partial charge is 0.202 e. The fourth-order valence-corrected chi connectivity index (χ4v) is 4.31. The molecule has 1 aromatic carbocycles. The zero-order valence-electron chi connectivity index (χ0n) is 17.5. The summed E-state index contributed by atoms with van der Waals surface area (Å²) in [4.78, 5) is 13.7. The number of hydrogen-bond donors (Lipinski definition) is 0. The lowest BCUT2D eigenvalue weighted by atomic mass is 9.92. The molecule has 2 atom stereocenters. The summed E-state index contributed by atoms with van der Waals surface area (Å²) in [6.45, 7) is 2.26. The maximum atomic E-state index is 14.6. The van der Waals surface area contributed by atoms with Gasteiger partial charge in [0.05, 0.1) is 18.3 Å². The van der Waals surface area contributed by atoms with Crippen LogP contribution >= 0.6 is 0 Å². The first-order chi connectivity index (χ1) is 15.5. The second kappa shape index (κ2) is 7.44. The van der Waals surface area contributed by atoms with Gasteiger partial charge in [0.25, 0.3) is 0 Å². The minimum absolute atomic E-state index is 0.00157. The van der Waals surface area contributed by atoms with E-state index in [-0.39, 0.29) is 23.3 Å². The molecule has 0 unspecified atom stereocenters. The van der Waals surface area contributed by atoms with Crippen molar-refractivity contribution in [3.05, 3.63) is 59.5 Å². The standard InChI is InChI=1S/C23H21F2N5O2/c1-12-27-23-21(32-12)20(17-5-2-15(24)9-18(17)25)28-22(29-23)13-6-7-31-19(8-13)14-10-26-30(11-14)16-3-4-16/h2,5,9-11,13,16,19H,3-4,6-8H2,1H3/t13-,19+/m0/s1. The monoisotopic (exact) mass is 437 g/mol. The second-order valence-electron chi connectivity index (χ2n) is 8.51. The lowest BCUT2D eigenvalue weighted by Crippen LogP contribution is -2.20. The van der Waals surface area contributed by atoms with Crippen molar-refractivity contribution in [3.8, 4) is 11.3 Å². The number of benzene rings is 1. The predicted octanol–water partition coefficient (Wildman–Crippen LogP) is 5.04. The molecule has 3 aromatic heterocycles. The lowest BCUT2D eigenvalue weighted by molar-refractivity contribution is 0.00396. The molecule has 4 aromatic rings. The largest absolute Gasteiger partial charge is 0.437 e. The first-order valence-electron chi connectivity index (χ1n) is 10.8. The van der Waals surface area contributed by atoms with Crippen molar-refractivity contribution in [2.24, 2.45) is 0 Å². The van der Waals surface area contributed by atoms with E-state index >= 15 is 0 Å². The molecule has 0 amide bonds. The van der Waals surface area contributed by atoms with Crippen LogP contribution in [-0.2, 0) is 4.74 Å². The SMILES string of the molecule is Cc1nc2nc([C@H]3CCO[C@@H](c4cnn(C5CC5)c4)C3)nc(-c3ccc(F)cc3F)c2o1. The third-order valence-electron chi connectivity index (χ3n) is 6.13. The highest BCUT2D eigenvalue weighted by atomic mass is 19.1. The molecule has 0 spiro atoms. The molecule has 1 aliphatic carbocycles. The molecule has 1 aliphatic heterocycles. The van der Waals surface area contributed by atoms with Crippen LogP contribution in [0.3, 0.4) is 0 Å². The van der Waals surface area contributed by atoms with E-state index in [1.54, 1.807) is 6.92 Å². The number of rotatable bonds is 4.